The highest BCUT2D eigenvalue weighted by molar-refractivity contribution is 8.00. The Balaban J connectivity index is 1.76. The van der Waals surface area contributed by atoms with Crippen molar-refractivity contribution in [2.24, 2.45) is 0 Å². The first-order chi connectivity index (χ1) is 16.2. The van der Waals surface area contributed by atoms with Crippen molar-refractivity contribution in [1.82, 2.24) is 0 Å². The van der Waals surface area contributed by atoms with Crippen LogP contribution in [-0.2, 0) is 20.0 Å². The van der Waals surface area contributed by atoms with E-state index in [-0.39, 0.29) is 11.4 Å². The highest BCUT2D eigenvalue weighted by Crippen LogP contribution is 2.44. The summed E-state index contributed by atoms with van der Waals surface area (Å²) < 4.78 is 32.3. The highest BCUT2D eigenvalue weighted by Gasteiger charge is 2.34. The fourth-order valence-corrected chi connectivity index (χ4v) is 5.78. The van der Waals surface area contributed by atoms with E-state index in [9.17, 15) is 13.2 Å². The zero-order chi connectivity index (χ0) is 24.3. The van der Waals surface area contributed by atoms with Gasteiger partial charge >= 0.3 is 5.97 Å². The number of hydrogen-bond donors (Lipinski definition) is 0. The van der Waals surface area contributed by atoms with Crippen molar-refractivity contribution in [3.63, 3.8) is 0 Å². The SMILES string of the molecule is CCOC(=O)c1ccc(/C=C/c2cccc3c2C(S(=O)(=O)c2ccccc2)=CCC3(C)C)cc1. The molecule has 1 aliphatic rings. The molecule has 3 aromatic rings. The Kier molecular flexibility index (Phi) is 6.58. The van der Waals surface area contributed by atoms with Gasteiger partial charge in [-0.05, 0) is 59.7 Å². The molecule has 0 aromatic heterocycles. The first-order valence-electron chi connectivity index (χ1n) is 11.3. The van der Waals surface area contributed by atoms with E-state index < -0.39 is 9.84 Å². The van der Waals surface area contributed by atoms with Gasteiger partial charge in [0.1, 0.15) is 0 Å². The molecule has 174 valence electrons. The van der Waals surface area contributed by atoms with E-state index in [1.54, 1.807) is 43.3 Å². The summed E-state index contributed by atoms with van der Waals surface area (Å²) in [5.74, 6) is -0.349. The van der Waals surface area contributed by atoms with Crippen molar-refractivity contribution in [2.75, 3.05) is 6.61 Å². The summed E-state index contributed by atoms with van der Waals surface area (Å²) in [6.07, 6.45) is 6.37. The van der Waals surface area contributed by atoms with Gasteiger partial charge in [0.05, 0.1) is 22.0 Å². The van der Waals surface area contributed by atoms with Crippen molar-refractivity contribution < 1.29 is 17.9 Å². The molecule has 0 spiro atoms. The summed E-state index contributed by atoms with van der Waals surface area (Å²) in [6.45, 7) is 6.38. The Morgan fingerprint density at radius 2 is 1.65 bits per heavy atom. The van der Waals surface area contributed by atoms with Crippen molar-refractivity contribution in [3.05, 3.63) is 107 Å². The molecule has 34 heavy (non-hydrogen) atoms. The summed E-state index contributed by atoms with van der Waals surface area (Å²) >= 11 is 0. The standard InChI is InChI=1S/C29H28O4S/c1-4-33-28(30)23-17-14-21(15-18-23)13-16-22-9-8-12-25-27(22)26(19-20-29(25,2)3)34(31,32)24-10-6-5-7-11-24/h5-19H,4,20H2,1-3H3/b16-13+. The maximum Gasteiger partial charge on any atom is 0.338 e. The number of hydrogen-bond acceptors (Lipinski definition) is 4. The zero-order valence-electron chi connectivity index (χ0n) is 19.6. The van der Waals surface area contributed by atoms with Gasteiger partial charge in [-0.3, -0.25) is 0 Å². The third kappa shape index (κ3) is 4.62. The molecule has 5 heteroatoms. The van der Waals surface area contributed by atoms with Crippen LogP contribution < -0.4 is 0 Å². The van der Waals surface area contributed by atoms with Crippen LogP contribution in [0.1, 0.15) is 59.8 Å². The van der Waals surface area contributed by atoms with Gasteiger partial charge in [-0.2, -0.15) is 0 Å². The number of sulfone groups is 1. The second-order valence-electron chi connectivity index (χ2n) is 8.92. The van der Waals surface area contributed by atoms with Crippen LogP contribution in [0.25, 0.3) is 17.1 Å². The van der Waals surface area contributed by atoms with E-state index in [1.165, 1.54) is 0 Å². The summed E-state index contributed by atoms with van der Waals surface area (Å²) in [6, 6.07) is 21.7. The lowest BCUT2D eigenvalue weighted by molar-refractivity contribution is 0.0526. The van der Waals surface area contributed by atoms with Crippen LogP contribution in [0.15, 0.2) is 83.8 Å². The minimum Gasteiger partial charge on any atom is -0.462 e. The van der Waals surface area contributed by atoms with Crippen LogP contribution in [0.3, 0.4) is 0 Å². The van der Waals surface area contributed by atoms with Crippen LogP contribution in [0.5, 0.6) is 0 Å². The minimum atomic E-state index is -3.68. The van der Waals surface area contributed by atoms with Crippen LogP contribution >= 0.6 is 0 Å². The maximum atomic E-state index is 13.6. The second-order valence-corrected chi connectivity index (χ2v) is 10.8. The molecule has 0 atom stereocenters. The lowest BCUT2D eigenvalue weighted by Crippen LogP contribution is -2.24. The minimum absolute atomic E-state index is 0.184. The normalized spacial score (nSPS) is 15.0. The number of benzene rings is 3. The fraction of sp³-hybridized carbons (Fsp3) is 0.207. The maximum absolute atomic E-state index is 13.6. The Hall–Kier alpha value is -3.44. The van der Waals surface area contributed by atoms with Crippen molar-refractivity contribution in [3.8, 4) is 0 Å². The van der Waals surface area contributed by atoms with Crippen LogP contribution in [0.4, 0.5) is 0 Å². The first-order valence-corrected chi connectivity index (χ1v) is 12.8. The summed E-state index contributed by atoms with van der Waals surface area (Å²) in [4.78, 5) is 12.5. The largest absolute Gasteiger partial charge is 0.462 e. The Morgan fingerprint density at radius 1 is 0.941 bits per heavy atom. The number of carbonyl (C=O) groups is 1. The third-order valence-corrected chi connectivity index (χ3v) is 7.93. The molecule has 0 aliphatic heterocycles. The molecule has 0 unspecified atom stereocenters. The number of ether oxygens (including phenoxy) is 1. The van der Waals surface area contributed by atoms with Gasteiger partial charge in [-0.1, -0.05) is 80.6 Å². The van der Waals surface area contributed by atoms with Gasteiger partial charge in [0.2, 0.25) is 9.84 Å². The molecule has 4 rings (SSSR count). The Morgan fingerprint density at radius 3 is 2.32 bits per heavy atom. The average molecular weight is 473 g/mol. The van der Waals surface area contributed by atoms with Crippen LogP contribution in [-0.4, -0.2) is 21.0 Å². The molecule has 0 N–H and O–H groups in total. The van der Waals surface area contributed by atoms with Crippen molar-refractivity contribution >= 4 is 32.9 Å². The summed E-state index contributed by atoms with van der Waals surface area (Å²) in [5.41, 5.74) is 3.82. The smallest absolute Gasteiger partial charge is 0.338 e. The van der Waals surface area contributed by atoms with Gasteiger partial charge in [0, 0.05) is 5.56 Å². The molecule has 0 heterocycles. The number of fused-ring (bicyclic) bond motifs is 1. The Labute approximate surface area is 201 Å². The number of rotatable bonds is 6. The monoisotopic (exact) mass is 472 g/mol. The number of allylic oxidation sites excluding steroid dienone is 1. The van der Waals surface area contributed by atoms with Crippen LogP contribution in [0.2, 0.25) is 0 Å². The molecule has 0 radical (unpaired) electrons. The lowest BCUT2D eigenvalue weighted by atomic mass is 9.74. The summed E-state index contributed by atoms with van der Waals surface area (Å²) in [7, 11) is -3.68. The highest BCUT2D eigenvalue weighted by atomic mass is 32.2. The molecule has 0 saturated heterocycles. The van der Waals surface area contributed by atoms with Crippen molar-refractivity contribution in [2.45, 2.75) is 37.5 Å². The molecule has 0 saturated carbocycles. The van der Waals surface area contributed by atoms with Gasteiger partial charge in [-0.25, -0.2) is 13.2 Å². The van der Waals surface area contributed by atoms with Gasteiger partial charge in [0.25, 0.3) is 0 Å². The van der Waals surface area contributed by atoms with Crippen LogP contribution in [0, 0.1) is 0 Å². The Bertz CT molecular complexity index is 1360. The van der Waals surface area contributed by atoms with Crippen molar-refractivity contribution in [1.29, 1.82) is 0 Å². The molecule has 0 fully saturated rings. The molecule has 0 bridgehead atoms. The van der Waals surface area contributed by atoms with E-state index in [2.05, 4.69) is 13.8 Å². The third-order valence-electron chi connectivity index (χ3n) is 6.09. The number of carbonyl (C=O) groups excluding carboxylic acids is 1. The molecule has 0 amide bonds. The average Bonchev–Trinajstić information content (AvgIpc) is 2.83. The molecule has 4 nitrogen and oxygen atoms in total. The second kappa shape index (κ2) is 9.43. The summed E-state index contributed by atoms with van der Waals surface area (Å²) in [5, 5.41) is 0. The topological polar surface area (TPSA) is 60.4 Å². The molecule has 1 aliphatic carbocycles. The van der Waals surface area contributed by atoms with Gasteiger partial charge in [-0.15, -0.1) is 0 Å². The predicted molar refractivity (Wildman–Crippen MR) is 137 cm³/mol. The fourth-order valence-electron chi connectivity index (χ4n) is 4.21. The predicted octanol–water partition coefficient (Wildman–Crippen LogP) is 6.53. The molecule has 3 aromatic carbocycles. The quantitative estimate of drug-likeness (QED) is 0.302. The van der Waals surface area contributed by atoms with E-state index >= 15 is 0 Å². The molecular weight excluding hydrogens is 444 g/mol. The van der Waals surface area contributed by atoms with E-state index in [0.717, 1.165) is 22.3 Å². The van der Waals surface area contributed by atoms with E-state index in [1.807, 2.05) is 54.6 Å². The zero-order valence-corrected chi connectivity index (χ0v) is 20.4. The first kappa shape index (κ1) is 23.7. The molecular formula is C29H28O4S. The van der Waals surface area contributed by atoms with E-state index in [0.29, 0.717) is 28.4 Å². The van der Waals surface area contributed by atoms with Gasteiger partial charge < -0.3 is 4.74 Å². The number of esters is 1. The lowest BCUT2D eigenvalue weighted by Gasteiger charge is -2.33. The van der Waals surface area contributed by atoms with Gasteiger partial charge in [0.15, 0.2) is 0 Å². The van der Waals surface area contributed by atoms with E-state index in [4.69, 9.17) is 4.74 Å².